The Hall–Kier alpha value is -2.30. The van der Waals surface area contributed by atoms with Gasteiger partial charge in [0.1, 0.15) is 30.7 Å². The van der Waals surface area contributed by atoms with E-state index in [0.29, 0.717) is 5.75 Å². The molecule has 2 aromatic rings. The molecule has 0 spiro atoms. The van der Waals surface area contributed by atoms with Crippen molar-refractivity contribution in [3.63, 3.8) is 0 Å². The second-order valence-electron chi connectivity index (χ2n) is 4.00. The predicted octanol–water partition coefficient (Wildman–Crippen LogP) is 1.85. The molecule has 0 atom stereocenters. The molecular weight excluding hydrogens is 246 g/mol. The monoisotopic (exact) mass is 256 g/mol. The van der Waals surface area contributed by atoms with Crippen molar-refractivity contribution < 1.29 is 19.0 Å². The summed E-state index contributed by atoms with van der Waals surface area (Å²) in [7, 11) is 5.42. The lowest BCUT2D eigenvalue weighted by atomic mass is 9.90. The number of esters is 1. The molecule has 0 amide bonds. The zero-order valence-corrected chi connectivity index (χ0v) is 10.2. The zero-order valence-electron chi connectivity index (χ0n) is 10.2. The Morgan fingerprint density at radius 2 is 1.95 bits per heavy atom. The third-order valence-electron chi connectivity index (χ3n) is 2.68. The van der Waals surface area contributed by atoms with Crippen LogP contribution in [0.3, 0.4) is 0 Å². The quantitative estimate of drug-likeness (QED) is 0.506. The van der Waals surface area contributed by atoms with E-state index in [2.05, 4.69) is 0 Å². The number of phenols is 1. The third kappa shape index (κ3) is 2.60. The van der Waals surface area contributed by atoms with Crippen LogP contribution in [0.25, 0.3) is 0 Å². The summed E-state index contributed by atoms with van der Waals surface area (Å²) in [5, 5.41) is 9.76. The third-order valence-corrected chi connectivity index (χ3v) is 2.68. The summed E-state index contributed by atoms with van der Waals surface area (Å²) in [5.74, 6) is -1.70. The van der Waals surface area contributed by atoms with Crippen molar-refractivity contribution in [3.8, 4) is 11.5 Å². The SMILES string of the molecule is [B]c1cc(F)c(C)c(C(=O)Oc2ccccc2)c1O. The average Bonchev–Trinajstić information content (AvgIpc) is 2.38. The van der Waals surface area contributed by atoms with Crippen LogP contribution in [0.2, 0.25) is 0 Å². The lowest BCUT2D eigenvalue weighted by Gasteiger charge is -2.11. The highest BCUT2D eigenvalue weighted by Gasteiger charge is 2.21. The minimum Gasteiger partial charge on any atom is -0.508 e. The molecule has 2 aromatic carbocycles. The van der Waals surface area contributed by atoms with Gasteiger partial charge in [-0.1, -0.05) is 23.7 Å². The molecule has 0 aromatic heterocycles. The van der Waals surface area contributed by atoms with E-state index in [1.54, 1.807) is 30.3 Å². The first kappa shape index (κ1) is 13.1. The first-order valence-corrected chi connectivity index (χ1v) is 5.55. The summed E-state index contributed by atoms with van der Waals surface area (Å²) in [6.07, 6.45) is 0. The first-order chi connectivity index (χ1) is 9.00. The van der Waals surface area contributed by atoms with Crippen molar-refractivity contribution in [2.24, 2.45) is 0 Å². The van der Waals surface area contributed by atoms with Crippen LogP contribution in [0.15, 0.2) is 36.4 Å². The summed E-state index contributed by atoms with van der Waals surface area (Å²) in [4.78, 5) is 12.0. The van der Waals surface area contributed by atoms with E-state index in [-0.39, 0.29) is 16.6 Å². The van der Waals surface area contributed by atoms with Crippen molar-refractivity contribution in [1.82, 2.24) is 0 Å². The Morgan fingerprint density at radius 1 is 1.32 bits per heavy atom. The van der Waals surface area contributed by atoms with Crippen LogP contribution >= 0.6 is 0 Å². The summed E-state index contributed by atoms with van der Waals surface area (Å²) in [5.41, 5.74) is -0.475. The molecule has 2 radical (unpaired) electrons. The van der Waals surface area contributed by atoms with Gasteiger partial charge in [0.25, 0.3) is 0 Å². The van der Waals surface area contributed by atoms with Gasteiger partial charge in [-0.25, -0.2) is 9.18 Å². The van der Waals surface area contributed by atoms with Gasteiger partial charge >= 0.3 is 5.97 Å². The van der Waals surface area contributed by atoms with E-state index in [4.69, 9.17) is 12.6 Å². The number of carbonyl (C=O) groups is 1. The number of rotatable bonds is 2. The molecule has 0 fully saturated rings. The van der Waals surface area contributed by atoms with Crippen LogP contribution in [-0.4, -0.2) is 18.9 Å². The maximum absolute atomic E-state index is 13.5. The van der Waals surface area contributed by atoms with E-state index in [9.17, 15) is 14.3 Å². The highest BCUT2D eigenvalue weighted by atomic mass is 19.1. The van der Waals surface area contributed by atoms with Crippen LogP contribution in [0, 0.1) is 12.7 Å². The molecule has 0 aliphatic heterocycles. The molecule has 2 rings (SSSR count). The fourth-order valence-corrected chi connectivity index (χ4v) is 1.65. The predicted molar refractivity (Wildman–Crippen MR) is 69.6 cm³/mol. The van der Waals surface area contributed by atoms with Crippen molar-refractivity contribution in [3.05, 3.63) is 53.3 Å². The van der Waals surface area contributed by atoms with Gasteiger partial charge in [-0.3, -0.25) is 0 Å². The number of para-hydroxylation sites is 1. The van der Waals surface area contributed by atoms with Crippen LogP contribution in [0.5, 0.6) is 11.5 Å². The fraction of sp³-hybridized carbons (Fsp3) is 0.0714. The number of benzene rings is 2. The minimum absolute atomic E-state index is 0.00682. The summed E-state index contributed by atoms with van der Waals surface area (Å²) in [6.45, 7) is 1.37. The summed E-state index contributed by atoms with van der Waals surface area (Å²) < 4.78 is 18.6. The lowest BCUT2D eigenvalue weighted by molar-refractivity contribution is 0.0730. The molecule has 1 N–H and O–H groups in total. The van der Waals surface area contributed by atoms with Crippen LogP contribution < -0.4 is 10.2 Å². The number of phenolic OH excluding ortho intramolecular Hbond substituents is 1. The van der Waals surface area contributed by atoms with Crippen LogP contribution in [0.1, 0.15) is 15.9 Å². The largest absolute Gasteiger partial charge is 0.508 e. The van der Waals surface area contributed by atoms with Crippen LogP contribution in [0.4, 0.5) is 4.39 Å². The van der Waals surface area contributed by atoms with E-state index in [1.807, 2.05) is 0 Å². The maximum atomic E-state index is 13.5. The minimum atomic E-state index is -0.854. The van der Waals surface area contributed by atoms with E-state index >= 15 is 0 Å². The summed E-state index contributed by atoms with van der Waals surface area (Å²) >= 11 is 0. The van der Waals surface area contributed by atoms with E-state index < -0.39 is 17.5 Å². The Kier molecular flexibility index (Phi) is 3.56. The fourth-order valence-electron chi connectivity index (χ4n) is 1.65. The van der Waals surface area contributed by atoms with Crippen molar-refractivity contribution in [2.75, 3.05) is 0 Å². The second-order valence-corrected chi connectivity index (χ2v) is 4.00. The van der Waals surface area contributed by atoms with Gasteiger partial charge in [0.15, 0.2) is 0 Å². The van der Waals surface area contributed by atoms with Crippen LogP contribution in [-0.2, 0) is 0 Å². The lowest BCUT2D eigenvalue weighted by Crippen LogP contribution is -2.17. The molecular formula is C14H10BFO3. The number of hydrogen-bond acceptors (Lipinski definition) is 3. The van der Waals surface area contributed by atoms with E-state index in [0.717, 1.165) is 6.07 Å². The molecule has 19 heavy (non-hydrogen) atoms. The molecule has 0 saturated carbocycles. The average molecular weight is 256 g/mol. The number of ether oxygens (including phenoxy) is 1. The van der Waals surface area contributed by atoms with Crippen molar-refractivity contribution in [1.29, 1.82) is 0 Å². The standard InChI is InChI=1S/C14H10BFO3/c1-8-11(16)7-10(15)13(17)12(8)14(18)19-9-5-3-2-4-6-9/h2-7,17H,1H3. The van der Waals surface area contributed by atoms with Crippen molar-refractivity contribution >= 4 is 19.3 Å². The molecule has 0 bridgehead atoms. The number of hydrogen-bond donors (Lipinski definition) is 1. The highest BCUT2D eigenvalue weighted by Crippen LogP contribution is 2.23. The number of carbonyl (C=O) groups excluding carboxylic acids is 1. The Morgan fingerprint density at radius 3 is 2.58 bits per heavy atom. The van der Waals surface area contributed by atoms with Gasteiger partial charge in [0.2, 0.25) is 0 Å². The normalized spacial score (nSPS) is 10.2. The van der Waals surface area contributed by atoms with Gasteiger partial charge < -0.3 is 9.84 Å². The topological polar surface area (TPSA) is 46.5 Å². The zero-order chi connectivity index (χ0) is 14.0. The molecule has 0 aliphatic carbocycles. The highest BCUT2D eigenvalue weighted by molar-refractivity contribution is 6.35. The van der Waals surface area contributed by atoms with E-state index in [1.165, 1.54) is 6.92 Å². The molecule has 0 heterocycles. The molecule has 5 heteroatoms. The van der Waals surface area contributed by atoms with Gasteiger partial charge in [-0.2, -0.15) is 0 Å². The number of halogens is 1. The molecule has 0 aliphatic rings. The second kappa shape index (κ2) is 5.14. The maximum Gasteiger partial charge on any atom is 0.347 e. The molecule has 0 saturated heterocycles. The smallest absolute Gasteiger partial charge is 0.347 e. The first-order valence-electron chi connectivity index (χ1n) is 5.55. The molecule has 94 valence electrons. The van der Waals surface area contributed by atoms with Gasteiger partial charge in [0, 0.05) is 5.56 Å². The van der Waals surface area contributed by atoms with Gasteiger partial charge in [-0.15, -0.1) is 0 Å². The van der Waals surface area contributed by atoms with Crippen molar-refractivity contribution in [2.45, 2.75) is 6.92 Å². The molecule has 0 unspecified atom stereocenters. The summed E-state index contributed by atoms with van der Waals surface area (Å²) in [6, 6.07) is 9.26. The Labute approximate surface area is 111 Å². The Bertz CT molecular complexity index is 600. The molecule has 3 nitrogen and oxygen atoms in total. The number of aromatic hydroxyl groups is 1. The van der Waals surface area contributed by atoms with Gasteiger partial charge in [0.05, 0.1) is 0 Å². The van der Waals surface area contributed by atoms with Gasteiger partial charge in [-0.05, 0) is 25.1 Å². The Balaban J connectivity index is 2.40.